The number of nitrogens with zero attached hydrogens (tertiary/aromatic N) is 1. The van der Waals surface area contributed by atoms with Crippen molar-refractivity contribution in [3.63, 3.8) is 0 Å². The molecule has 0 aromatic heterocycles. The molecule has 2 unspecified atom stereocenters. The van der Waals surface area contributed by atoms with Crippen molar-refractivity contribution < 1.29 is 9.84 Å². The summed E-state index contributed by atoms with van der Waals surface area (Å²) in [5.74, 6) is 1.22. The molecule has 2 fully saturated rings. The Hall–Kier alpha value is -1.06. The number of hydrogen-bond donors (Lipinski definition) is 1. The van der Waals surface area contributed by atoms with E-state index in [0.717, 1.165) is 37.1 Å². The summed E-state index contributed by atoms with van der Waals surface area (Å²) in [7, 11) is 1.68. The maximum absolute atomic E-state index is 11.2. The van der Waals surface area contributed by atoms with E-state index >= 15 is 0 Å². The number of likely N-dealkylation sites (tertiary alicyclic amines) is 1. The van der Waals surface area contributed by atoms with Gasteiger partial charge in [0.1, 0.15) is 5.75 Å². The molecule has 1 aromatic rings. The van der Waals surface area contributed by atoms with E-state index in [9.17, 15) is 5.11 Å². The molecule has 1 saturated heterocycles. The third-order valence-electron chi connectivity index (χ3n) is 5.05. The minimum Gasteiger partial charge on any atom is -0.497 e. The minimum atomic E-state index is -0.644. The highest BCUT2D eigenvalue weighted by atomic mass is 16.5. The van der Waals surface area contributed by atoms with Gasteiger partial charge in [0, 0.05) is 12.5 Å². The van der Waals surface area contributed by atoms with Gasteiger partial charge in [-0.15, -0.1) is 0 Å². The second kappa shape index (κ2) is 5.74. The highest BCUT2D eigenvalue weighted by Crippen LogP contribution is 2.44. The van der Waals surface area contributed by atoms with Crippen LogP contribution in [0.5, 0.6) is 5.75 Å². The molecule has 2 atom stereocenters. The van der Waals surface area contributed by atoms with Gasteiger partial charge in [0.25, 0.3) is 0 Å². The molecule has 0 radical (unpaired) electrons. The van der Waals surface area contributed by atoms with Crippen LogP contribution in [0.15, 0.2) is 24.3 Å². The molecule has 3 heteroatoms. The number of ether oxygens (including phenoxy) is 1. The quantitative estimate of drug-likeness (QED) is 0.917. The minimum absolute atomic E-state index is 0.369. The Kier molecular flexibility index (Phi) is 3.99. The van der Waals surface area contributed by atoms with Crippen LogP contribution in [0.4, 0.5) is 0 Å². The summed E-state index contributed by atoms with van der Waals surface area (Å²) in [4.78, 5) is 2.52. The van der Waals surface area contributed by atoms with Gasteiger partial charge in [-0.05, 0) is 62.9 Å². The molecule has 1 aromatic carbocycles. The Labute approximate surface area is 121 Å². The van der Waals surface area contributed by atoms with E-state index in [1.165, 1.54) is 25.9 Å². The number of methoxy groups -OCH3 is 1. The predicted octanol–water partition coefficient (Wildman–Crippen LogP) is 2.78. The maximum atomic E-state index is 11.2. The Morgan fingerprint density at radius 1 is 1.20 bits per heavy atom. The topological polar surface area (TPSA) is 32.7 Å². The van der Waals surface area contributed by atoms with Crippen molar-refractivity contribution in [2.24, 2.45) is 5.92 Å². The lowest BCUT2D eigenvalue weighted by Crippen LogP contribution is -2.38. The summed E-state index contributed by atoms with van der Waals surface area (Å²) in [6, 6.07) is 7.97. The van der Waals surface area contributed by atoms with Crippen LogP contribution in [0.2, 0.25) is 0 Å². The first kappa shape index (κ1) is 13.9. The molecule has 1 saturated carbocycles. The second-order valence-electron chi connectivity index (χ2n) is 6.25. The van der Waals surface area contributed by atoms with Gasteiger partial charge in [-0.2, -0.15) is 0 Å². The largest absolute Gasteiger partial charge is 0.497 e. The molecule has 20 heavy (non-hydrogen) atoms. The Bertz CT molecular complexity index is 439. The van der Waals surface area contributed by atoms with E-state index in [1.807, 2.05) is 24.3 Å². The maximum Gasteiger partial charge on any atom is 0.118 e. The molecule has 1 heterocycles. The second-order valence-corrected chi connectivity index (χ2v) is 6.25. The first-order chi connectivity index (χ1) is 9.72. The van der Waals surface area contributed by atoms with E-state index in [1.54, 1.807) is 7.11 Å². The molecule has 0 bridgehead atoms. The zero-order valence-corrected chi connectivity index (χ0v) is 12.3. The zero-order chi connectivity index (χ0) is 14.0. The molecule has 1 N–H and O–H groups in total. The highest BCUT2D eigenvalue weighted by Gasteiger charge is 2.43. The SMILES string of the molecule is COc1ccc(C2(O)CCCC2CN2CCCC2)cc1. The van der Waals surface area contributed by atoms with E-state index in [2.05, 4.69) is 4.90 Å². The summed E-state index contributed by atoms with van der Waals surface area (Å²) in [5, 5.41) is 11.2. The first-order valence-electron chi connectivity index (χ1n) is 7.81. The van der Waals surface area contributed by atoms with Gasteiger partial charge in [-0.3, -0.25) is 0 Å². The highest BCUT2D eigenvalue weighted by molar-refractivity contribution is 5.32. The summed E-state index contributed by atoms with van der Waals surface area (Å²) in [5.41, 5.74) is 0.412. The molecule has 110 valence electrons. The first-order valence-corrected chi connectivity index (χ1v) is 7.81. The zero-order valence-electron chi connectivity index (χ0n) is 12.3. The number of aliphatic hydroxyl groups is 1. The number of benzene rings is 1. The van der Waals surface area contributed by atoms with E-state index in [4.69, 9.17) is 4.74 Å². The summed E-state index contributed by atoms with van der Waals surface area (Å²) >= 11 is 0. The van der Waals surface area contributed by atoms with Crippen molar-refractivity contribution in [3.8, 4) is 5.75 Å². The van der Waals surface area contributed by atoms with Crippen LogP contribution < -0.4 is 4.74 Å². The molecule has 3 nitrogen and oxygen atoms in total. The average Bonchev–Trinajstić information content (AvgIpc) is 3.11. The standard InChI is InChI=1S/C17H25NO2/c1-20-16-8-6-14(7-9-16)17(19)10-4-5-15(17)13-18-11-2-3-12-18/h6-9,15,19H,2-5,10-13H2,1H3. The van der Waals surface area contributed by atoms with Crippen molar-refractivity contribution in [2.75, 3.05) is 26.7 Å². The van der Waals surface area contributed by atoms with Gasteiger partial charge < -0.3 is 14.7 Å². The fraction of sp³-hybridized carbons (Fsp3) is 0.647. The van der Waals surface area contributed by atoms with Crippen LogP contribution in [0.25, 0.3) is 0 Å². The molecule has 0 amide bonds. The van der Waals surface area contributed by atoms with Crippen molar-refractivity contribution in [1.29, 1.82) is 0 Å². The molecule has 0 spiro atoms. The van der Waals surface area contributed by atoms with E-state index in [-0.39, 0.29) is 0 Å². The Balaban J connectivity index is 1.76. The molecule has 1 aliphatic heterocycles. The predicted molar refractivity (Wildman–Crippen MR) is 79.9 cm³/mol. The molecular weight excluding hydrogens is 250 g/mol. The van der Waals surface area contributed by atoms with Crippen LogP contribution >= 0.6 is 0 Å². The summed E-state index contributed by atoms with van der Waals surface area (Å²) < 4.78 is 5.21. The lowest BCUT2D eigenvalue weighted by atomic mass is 9.83. The molecular formula is C17H25NO2. The smallest absolute Gasteiger partial charge is 0.118 e. The van der Waals surface area contributed by atoms with Gasteiger partial charge >= 0.3 is 0 Å². The van der Waals surface area contributed by atoms with Crippen LogP contribution in [0.1, 0.15) is 37.7 Å². The normalized spacial score (nSPS) is 30.8. The van der Waals surface area contributed by atoms with Crippen molar-refractivity contribution in [2.45, 2.75) is 37.7 Å². The van der Waals surface area contributed by atoms with Crippen molar-refractivity contribution in [1.82, 2.24) is 4.90 Å². The fourth-order valence-electron chi connectivity index (χ4n) is 3.84. The monoisotopic (exact) mass is 275 g/mol. The third-order valence-corrected chi connectivity index (χ3v) is 5.05. The van der Waals surface area contributed by atoms with Crippen molar-refractivity contribution in [3.05, 3.63) is 29.8 Å². The van der Waals surface area contributed by atoms with Crippen LogP contribution in [-0.2, 0) is 5.60 Å². The van der Waals surface area contributed by atoms with Gasteiger partial charge in [-0.1, -0.05) is 12.1 Å². The van der Waals surface area contributed by atoms with Gasteiger partial charge in [0.2, 0.25) is 0 Å². The molecule has 3 rings (SSSR count). The van der Waals surface area contributed by atoms with Crippen LogP contribution in [-0.4, -0.2) is 36.8 Å². The lowest BCUT2D eigenvalue weighted by Gasteiger charge is -2.33. The lowest BCUT2D eigenvalue weighted by molar-refractivity contribution is -0.0135. The third kappa shape index (κ3) is 2.57. The Morgan fingerprint density at radius 2 is 1.90 bits per heavy atom. The molecule has 2 aliphatic rings. The summed E-state index contributed by atoms with van der Waals surface area (Å²) in [6.07, 6.45) is 5.78. The fourth-order valence-corrected chi connectivity index (χ4v) is 3.84. The Morgan fingerprint density at radius 3 is 2.55 bits per heavy atom. The van der Waals surface area contributed by atoms with Crippen LogP contribution in [0.3, 0.4) is 0 Å². The van der Waals surface area contributed by atoms with Crippen molar-refractivity contribution >= 4 is 0 Å². The summed E-state index contributed by atoms with van der Waals surface area (Å²) in [6.45, 7) is 3.45. The van der Waals surface area contributed by atoms with Gasteiger partial charge in [0.05, 0.1) is 12.7 Å². The number of rotatable bonds is 4. The van der Waals surface area contributed by atoms with Gasteiger partial charge in [-0.25, -0.2) is 0 Å². The molecule has 1 aliphatic carbocycles. The number of hydrogen-bond acceptors (Lipinski definition) is 3. The van der Waals surface area contributed by atoms with Gasteiger partial charge in [0.15, 0.2) is 0 Å². The van der Waals surface area contributed by atoms with E-state index in [0.29, 0.717) is 5.92 Å². The average molecular weight is 275 g/mol. The van der Waals surface area contributed by atoms with E-state index < -0.39 is 5.60 Å². The van der Waals surface area contributed by atoms with Crippen LogP contribution in [0, 0.1) is 5.92 Å².